The Balaban J connectivity index is 1.95. The molecule has 1 aliphatic rings. The molecule has 1 aliphatic carbocycles. The fourth-order valence-corrected chi connectivity index (χ4v) is 2.49. The van der Waals surface area contributed by atoms with Gasteiger partial charge in [0.05, 0.1) is 5.56 Å². The molecule has 1 aromatic heterocycles. The van der Waals surface area contributed by atoms with Crippen LogP contribution in [0.25, 0.3) is 11.1 Å². The van der Waals surface area contributed by atoms with E-state index in [0.717, 1.165) is 5.56 Å². The van der Waals surface area contributed by atoms with Crippen LogP contribution < -0.4 is 0 Å². The number of aromatic carboxylic acids is 1. The van der Waals surface area contributed by atoms with E-state index < -0.39 is 5.97 Å². The van der Waals surface area contributed by atoms with Crippen molar-refractivity contribution in [1.29, 1.82) is 0 Å². The third kappa shape index (κ3) is 2.24. The minimum absolute atomic E-state index is 0.298. The molecule has 0 saturated heterocycles. The summed E-state index contributed by atoms with van der Waals surface area (Å²) in [6.45, 7) is 0. The number of hydrogen-bond acceptors (Lipinski definition) is 2. The summed E-state index contributed by atoms with van der Waals surface area (Å²) < 4.78 is 0. The van der Waals surface area contributed by atoms with E-state index in [1.54, 1.807) is 6.20 Å². The van der Waals surface area contributed by atoms with Crippen LogP contribution in [0, 0.1) is 0 Å². The van der Waals surface area contributed by atoms with Gasteiger partial charge < -0.3 is 5.11 Å². The number of carboxylic acids is 1. The molecule has 0 unspecified atom stereocenters. The van der Waals surface area contributed by atoms with Gasteiger partial charge in [0, 0.05) is 18.0 Å². The predicted molar refractivity (Wildman–Crippen MR) is 73.2 cm³/mol. The Morgan fingerprint density at radius 1 is 1.16 bits per heavy atom. The SMILES string of the molecule is O=C(O)c1ccncc1-c1ccc(C2CCC2)cc1. The fraction of sp³-hybridized carbons (Fsp3) is 0.250. The molecule has 2 aromatic rings. The highest BCUT2D eigenvalue weighted by molar-refractivity contribution is 5.95. The van der Waals surface area contributed by atoms with Gasteiger partial charge >= 0.3 is 5.97 Å². The Kier molecular flexibility index (Phi) is 3.03. The first-order valence-corrected chi connectivity index (χ1v) is 6.53. The molecular formula is C16H15NO2. The zero-order valence-electron chi connectivity index (χ0n) is 10.5. The topological polar surface area (TPSA) is 50.2 Å². The normalized spacial score (nSPS) is 14.9. The van der Waals surface area contributed by atoms with Crippen molar-refractivity contribution in [3.05, 3.63) is 53.9 Å². The number of carboxylic acid groups (broad SMARTS) is 1. The molecule has 3 heteroatoms. The minimum atomic E-state index is -0.916. The highest BCUT2D eigenvalue weighted by Crippen LogP contribution is 2.37. The van der Waals surface area contributed by atoms with Crippen molar-refractivity contribution in [2.45, 2.75) is 25.2 Å². The Morgan fingerprint density at radius 2 is 1.89 bits per heavy atom. The molecule has 1 N–H and O–H groups in total. The lowest BCUT2D eigenvalue weighted by molar-refractivity contribution is 0.0697. The van der Waals surface area contributed by atoms with Crippen molar-refractivity contribution in [3.8, 4) is 11.1 Å². The van der Waals surface area contributed by atoms with Crippen LogP contribution >= 0.6 is 0 Å². The smallest absolute Gasteiger partial charge is 0.336 e. The van der Waals surface area contributed by atoms with Crippen LogP contribution in [0.5, 0.6) is 0 Å². The van der Waals surface area contributed by atoms with E-state index in [1.807, 2.05) is 12.1 Å². The minimum Gasteiger partial charge on any atom is -0.478 e. The van der Waals surface area contributed by atoms with Gasteiger partial charge in [0.15, 0.2) is 0 Å². The fourth-order valence-electron chi connectivity index (χ4n) is 2.49. The molecule has 1 fully saturated rings. The summed E-state index contributed by atoms with van der Waals surface area (Å²) in [7, 11) is 0. The first kappa shape index (κ1) is 11.9. The zero-order valence-corrected chi connectivity index (χ0v) is 10.5. The molecule has 0 radical (unpaired) electrons. The van der Waals surface area contributed by atoms with E-state index in [1.165, 1.54) is 37.1 Å². The predicted octanol–water partition coefficient (Wildman–Crippen LogP) is 3.71. The second kappa shape index (κ2) is 4.84. The van der Waals surface area contributed by atoms with Crippen LogP contribution in [0.15, 0.2) is 42.7 Å². The Morgan fingerprint density at radius 3 is 2.47 bits per heavy atom. The molecule has 0 amide bonds. The van der Waals surface area contributed by atoms with Gasteiger partial charge in [-0.2, -0.15) is 0 Å². The maximum absolute atomic E-state index is 11.2. The third-order valence-corrected chi connectivity index (χ3v) is 3.85. The Bertz CT molecular complexity index is 600. The largest absolute Gasteiger partial charge is 0.478 e. The van der Waals surface area contributed by atoms with Crippen molar-refractivity contribution in [1.82, 2.24) is 4.98 Å². The van der Waals surface area contributed by atoms with E-state index >= 15 is 0 Å². The average Bonchev–Trinajstić information content (AvgIpc) is 2.37. The summed E-state index contributed by atoms with van der Waals surface area (Å²) in [4.78, 5) is 15.2. The molecule has 1 heterocycles. The van der Waals surface area contributed by atoms with E-state index in [9.17, 15) is 9.90 Å². The maximum Gasteiger partial charge on any atom is 0.336 e. The number of rotatable bonds is 3. The molecule has 0 atom stereocenters. The number of benzene rings is 1. The number of aromatic nitrogens is 1. The highest BCUT2D eigenvalue weighted by atomic mass is 16.4. The summed E-state index contributed by atoms with van der Waals surface area (Å²) in [6, 6.07) is 9.75. The van der Waals surface area contributed by atoms with E-state index in [2.05, 4.69) is 17.1 Å². The van der Waals surface area contributed by atoms with Crippen LogP contribution in [-0.2, 0) is 0 Å². The number of pyridine rings is 1. The average molecular weight is 253 g/mol. The van der Waals surface area contributed by atoms with Crippen LogP contribution in [0.1, 0.15) is 41.1 Å². The monoisotopic (exact) mass is 253 g/mol. The van der Waals surface area contributed by atoms with E-state index in [4.69, 9.17) is 0 Å². The van der Waals surface area contributed by atoms with Gasteiger partial charge in [-0.15, -0.1) is 0 Å². The molecule has 96 valence electrons. The van der Waals surface area contributed by atoms with E-state index in [-0.39, 0.29) is 0 Å². The molecule has 3 nitrogen and oxygen atoms in total. The van der Waals surface area contributed by atoms with Crippen LogP contribution in [0.2, 0.25) is 0 Å². The van der Waals surface area contributed by atoms with Gasteiger partial charge in [0.1, 0.15) is 0 Å². The van der Waals surface area contributed by atoms with Crippen molar-refractivity contribution >= 4 is 5.97 Å². The van der Waals surface area contributed by atoms with Gasteiger partial charge in [-0.3, -0.25) is 4.98 Å². The molecule has 1 saturated carbocycles. The summed E-state index contributed by atoms with van der Waals surface area (Å²) in [5, 5.41) is 9.19. The van der Waals surface area contributed by atoms with Crippen molar-refractivity contribution in [3.63, 3.8) is 0 Å². The first-order valence-electron chi connectivity index (χ1n) is 6.53. The summed E-state index contributed by atoms with van der Waals surface area (Å²) in [5.74, 6) is -0.220. The van der Waals surface area contributed by atoms with Gasteiger partial charge in [0.2, 0.25) is 0 Å². The lowest BCUT2D eigenvalue weighted by atomic mass is 9.80. The maximum atomic E-state index is 11.2. The molecule has 1 aromatic carbocycles. The van der Waals surface area contributed by atoms with Crippen molar-refractivity contribution in [2.24, 2.45) is 0 Å². The molecular weight excluding hydrogens is 238 g/mol. The van der Waals surface area contributed by atoms with Gasteiger partial charge in [-0.05, 0) is 36.0 Å². The molecule has 0 bridgehead atoms. The molecule has 3 rings (SSSR count). The number of carbonyl (C=O) groups is 1. The standard InChI is InChI=1S/C16H15NO2/c18-16(19)14-8-9-17-10-15(14)13-6-4-12(5-7-13)11-2-1-3-11/h4-11H,1-3H2,(H,18,19). The van der Waals surface area contributed by atoms with Crippen LogP contribution in [0.3, 0.4) is 0 Å². The summed E-state index contributed by atoms with van der Waals surface area (Å²) in [6.07, 6.45) is 6.98. The van der Waals surface area contributed by atoms with Gasteiger partial charge in [-0.25, -0.2) is 4.79 Å². The third-order valence-electron chi connectivity index (χ3n) is 3.85. The highest BCUT2D eigenvalue weighted by Gasteiger charge is 2.19. The van der Waals surface area contributed by atoms with Crippen molar-refractivity contribution < 1.29 is 9.90 Å². The lowest BCUT2D eigenvalue weighted by Crippen LogP contribution is -2.08. The quantitative estimate of drug-likeness (QED) is 0.907. The van der Waals surface area contributed by atoms with Crippen LogP contribution in [-0.4, -0.2) is 16.1 Å². The number of nitrogens with zero attached hydrogens (tertiary/aromatic N) is 1. The Hall–Kier alpha value is -2.16. The summed E-state index contributed by atoms with van der Waals surface area (Å²) >= 11 is 0. The zero-order chi connectivity index (χ0) is 13.2. The van der Waals surface area contributed by atoms with Crippen LogP contribution in [0.4, 0.5) is 0 Å². The Labute approximate surface area is 111 Å². The molecule has 19 heavy (non-hydrogen) atoms. The van der Waals surface area contributed by atoms with Crippen molar-refractivity contribution in [2.75, 3.05) is 0 Å². The molecule has 0 spiro atoms. The van der Waals surface area contributed by atoms with E-state index in [0.29, 0.717) is 17.0 Å². The summed E-state index contributed by atoms with van der Waals surface area (Å²) in [5.41, 5.74) is 3.24. The first-order chi connectivity index (χ1) is 9.25. The van der Waals surface area contributed by atoms with Gasteiger partial charge in [0.25, 0.3) is 0 Å². The number of hydrogen-bond donors (Lipinski definition) is 1. The molecule has 0 aliphatic heterocycles. The lowest BCUT2D eigenvalue weighted by Gasteiger charge is -2.25. The van der Waals surface area contributed by atoms with Gasteiger partial charge in [-0.1, -0.05) is 30.7 Å². The second-order valence-corrected chi connectivity index (χ2v) is 4.98. The second-order valence-electron chi connectivity index (χ2n) is 4.98.